The largest absolute Gasteiger partial charge is 0.379 e. The molecule has 0 amide bonds. The number of sulfonamides is 1. The maximum Gasteiger partial charge on any atom is 0.241 e. The standard InChI is InChI=1S/C25H35Cl2N5O5S/c1-32-17-22(31-38(33,34)19-5-3-2-4-6-19)20-15-18(26)16-21(27)24(20)23(32)7-9-35-11-13-37-14-12-36-10-8-30-25(28)29/h2-6,15-16,22-23,31H,7-14,17H2,1H3,(H4,28,29,30). The van der Waals surface area contributed by atoms with Crippen molar-refractivity contribution in [3.63, 3.8) is 0 Å². The highest BCUT2D eigenvalue weighted by Crippen LogP contribution is 2.42. The molecule has 0 saturated carbocycles. The van der Waals surface area contributed by atoms with Crippen LogP contribution in [0, 0.1) is 0 Å². The van der Waals surface area contributed by atoms with E-state index < -0.39 is 16.1 Å². The second kappa shape index (κ2) is 15.0. The third-order valence-electron chi connectivity index (χ3n) is 6.00. The average molecular weight is 589 g/mol. The van der Waals surface area contributed by atoms with Crippen LogP contribution in [-0.2, 0) is 24.2 Å². The van der Waals surface area contributed by atoms with Gasteiger partial charge in [0.1, 0.15) is 0 Å². The normalized spacial score (nSPS) is 17.8. The number of benzene rings is 2. The number of aliphatic imine (C=N–C) groups is 1. The summed E-state index contributed by atoms with van der Waals surface area (Å²) in [6.45, 7) is 3.54. The van der Waals surface area contributed by atoms with E-state index in [4.69, 9.17) is 48.9 Å². The van der Waals surface area contributed by atoms with Crippen LogP contribution in [0.2, 0.25) is 10.0 Å². The molecule has 13 heteroatoms. The van der Waals surface area contributed by atoms with Gasteiger partial charge >= 0.3 is 0 Å². The molecule has 2 aromatic carbocycles. The summed E-state index contributed by atoms with van der Waals surface area (Å²) in [6.07, 6.45) is 0.664. The molecule has 0 radical (unpaired) electrons. The molecular weight excluding hydrogens is 553 g/mol. The fourth-order valence-corrected chi connectivity index (χ4v) is 6.14. The Labute approximate surface area is 234 Å². The lowest BCUT2D eigenvalue weighted by atomic mass is 9.88. The molecular formula is C25H35Cl2N5O5S. The van der Waals surface area contributed by atoms with Gasteiger partial charge in [0.05, 0.1) is 50.5 Å². The first-order chi connectivity index (χ1) is 18.2. The molecule has 0 bridgehead atoms. The fourth-order valence-electron chi connectivity index (χ4n) is 4.28. The molecule has 0 saturated heterocycles. The number of halogens is 2. The Morgan fingerprint density at radius 1 is 1.03 bits per heavy atom. The van der Waals surface area contributed by atoms with Gasteiger partial charge in [-0.1, -0.05) is 41.4 Å². The molecule has 210 valence electrons. The molecule has 1 aliphatic rings. The van der Waals surface area contributed by atoms with Crippen LogP contribution in [0.15, 0.2) is 52.4 Å². The summed E-state index contributed by atoms with van der Waals surface area (Å²) < 4.78 is 45.5. The molecule has 38 heavy (non-hydrogen) atoms. The summed E-state index contributed by atoms with van der Waals surface area (Å²) in [7, 11) is -1.79. The van der Waals surface area contributed by atoms with Crippen LogP contribution in [0.1, 0.15) is 29.6 Å². The van der Waals surface area contributed by atoms with Gasteiger partial charge in [0.2, 0.25) is 10.0 Å². The monoisotopic (exact) mass is 587 g/mol. The number of guanidine groups is 1. The lowest BCUT2D eigenvalue weighted by Crippen LogP contribution is -2.43. The lowest BCUT2D eigenvalue weighted by Gasteiger charge is -2.40. The molecule has 0 aliphatic carbocycles. The van der Waals surface area contributed by atoms with Crippen molar-refractivity contribution in [1.82, 2.24) is 9.62 Å². The second-order valence-electron chi connectivity index (χ2n) is 8.77. The Morgan fingerprint density at radius 3 is 2.32 bits per heavy atom. The highest BCUT2D eigenvalue weighted by Gasteiger charge is 2.35. The maximum atomic E-state index is 13.0. The molecule has 0 spiro atoms. The van der Waals surface area contributed by atoms with Crippen molar-refractivity contribution in [2.24, 2.45) is 16.5 Å². The molecule has 1 heterocycles. The number of nitrogens with two attached hydrogens (primary N) is 2. The molecule has 2 atom stereocenters. The smallest absolute Gasteiger partial charge is 0.241 e. The van der Waals surface area contributed by atoms with Gasteiger partial charge in [0, 0.05) is 29.2 Å². The molecule has 2 unspecified atom stereocenters. The van der Waals surface area contributed by atoms with E-state index in [1.807, 2.05) is 7.05 Å². The Balaban J connectivity index is 1.52. The van der Waals surface area contributed by atoms with E-state index in [9.17, 15) is 8.42 Å². The third-order valence-corrected chi connectivity index (χ3v) is 8.02. The second-order valence-corrected chi connectivity index (χ2v) is 11.3. The first-order valence-corrected chi connectivity index (χ1v) is 14.5. The predicted molar refractivity (Wildman–Crippen MR) is 149 cm³/mol. The zero-order valence-electron chi connectivity index (χ0n) is 21.3. The number of rotatable bonds is 15. The van der Waals surface area contributed by atoms with Crippen molar-refractivity contribution in [3.8, 4) is 0 Å². The highest BCUT2D eigenvalue weighted by atomic mass is 35.5. The van der Waals surface area contributed by atoms with Crippen molar-refractivity contribution in [2.75, 3.05) is 59.8 Å². The molecule has 5 N–H and O–H groups in total. The summed E-state index contributed by atoms with van der Waals surface area (Å²) in [5.74, 6) is 0.0449. The first kappa shape index (κ1) is 30.6. The number of ether oxygens (including phenoxy) is 3. The van der Waals surface area contributed by atoms with E-state index in [1.165, 1.54) is 0 Å². The summed E-state index contributed by atoms with van der Waals surface area (Å²) >= 11 is 13.0. The molecule has 2 aromatic rings. The number of nitrogens with zero attached hydrogens (tertiary/aromatic N) is 2. The van der Waals surface area contributed by atoms with E-state index in [0.717, 1.165) is 11.1 Å². The minimum atomic E-state index is -3.74. The summed E-state index contributed by atoms with van der Waals surface area (Å²) in [6, 6.07) is 11.2. The van der Waals surface area contributed by atoms with Gasteiger partial charge in [-0.3, -0.25) is 9.89 Å². The zero-order chi connectivity index (χ0) is 27.5. The average Bonchev–Trinajstić information content (AvgIpc) is 2.86. The van der Waals surface area contributed by atoms with Crippen molar-refractivity contribution in [2.45, 2.75) is 23.4 Å². The SMILES string of the molecule is CN1CC(NS(=O)(=O)c2ccccc2)c2cc(Cl)cc(Cl)c2C1CCOCCOCCOCCN=C(N)N. The number of nitrogens with one attached hydrogen (secondary N) is 1. The van der Waals surface area contributed by atoms with Crippen LogP contribution in [0.5, 0.6) is 0 Å². The number of fused-ring (bicyclic) bond motifs is 1. The minimum Gasteiger partial charge on any atom is -0.379 e. The van der Waals surface area contributed by atoms with Gasteiger partial charge in [-0.05, 0) is 48.9 Å². The first-order valence-electron chi connectivity index (χ1n) is 12.2. The van der Waals surface area contributed by atoms with Crippen molar-refractivity contribution in [1.29, 1.82) is 0 Å². The summed E-state index contributed by atoms with van der Waals surface area (Å²) in [5.41, 5.74) is 12.1. The topological polar surface area (TPSA) is 142 Å². The van der Waals surface area contributed by atoms with Gasteiger partial charge in [0.15, 0.2) is 5.96 Å². The van der Waals surface area contributed by atoms with Crippen LogP contribution in [0.25, 0.3) is 0 Å². The molecule has 3 rings (SSSR count). The van der Waals surface area contributed by atoms with E-state index in [1.54, 1.807) is 42.5 Å². The molecule has 0 fully saturated rings. The number of hydrogen-bond acceptors (Lipinski definition) is 7. The zero-order valence-corrected chi connectivity index (χ0v) is 23.6. The lowest BCUT2D eigenvalue weighted by molar-refractivity contribution is 0.0115. The van der Waals surface area contributed by atoms with Gasteiger partial charge in [-0.25, -0.2) is 13.1 Å². The third kappa shape index (κ3) is 9.06. The number of hydrogen-bond donors (Lipinski definition) is 3. The Bertz CT molecular complexity index is 1170. The summed E-state index contributed by atoms with van der Waals surface area (Å²) in [5, 5.41) is 0.950. The van der Waals surface area contributed by atoms with Crippen LogP contribution in [0.3, 0.4) is 0 Å². The Kier molecular flexibility index (Phi) is 12.1. The van der Waals surface area contributed by atoms with Gasteiger partial charge in [-0.2, -0.15) is 0 Å². The van der Waals surface area contributed by atoms with Crippen molar-refractivity contribution >= 4 is 39.2 Å². The van der Waals surface area contributed by atoms with E-state index in [2.05, 4.69) is 14.6 Å². The van der Waals surface area contributed by atoms with Crippen molar-refractivity contribution in [3.05, 3.63) is 63.6 Å². The summed E-state index contributed by atoms with van der Waals surface area (Å²) in [4.78, 5) is 6.11. The van der Waals surface area contributed by atoms with Crippen LogP contribution in [-0.4, -0.2) is 79.1 Å². The minimum absolute atomic E-state index is 0.0449. The Morgan fingerprint density at radius 2 is 1.66 bits per heavy atom. The number of likely N-dealkylation sites (N-methyl/N-ethyl adjacent to an activating group) is 1. The van der Waals surface area contributed by atoms with Crippen molar-refractivity contribution < 1.29 is 22.6 Å². The molecule has 1 aliphatic heterocycles. The van der Waals surface area contributed by atoms with E-state index in [0.29, 0.717) is 69.2 Å². The van der Waals surface area contributed by atoms with Crippen LogP contribution in [0.4, 0.5) is 0 Å². The molecule has 10 nitrogen and oxygen atoms in total. The van der Waals surface area contributed by atoms with Crippen LogP contribution < -0.4 is 16.2 Å². The molecule has 0 aromatic heterocycles. The predicted octanol–water partition coefficient (Wildman–Crippen LogP) is 2.71. The fraction of sp³-hybridized carbons (Fsp3) is 0.480. The Hall–Kier alpha value is -1.96. The van der Waals surface area contributed by atoms with E-state index >= 15 is 0 Å². The van der Waals surface area contributed by atoms with Gasteiger partial charge in [0.25, 0.3) is 0 Å². The van der Waals surface area contributed by atoms with Gasteiger partial charge < -0.3 is 25.7 Å². The van der Waals surface area contributed by atoms with Crippen LogP contribution >= 0.6 is 23.2 Å². The maximum absolute atomic E-state index is 13.0. The highest BCUT2D eigenvalue weighted by molar-refractivity contribution is 7.89. The van der Waals surface area contributed by atoms with Gasteiger partial charge in [-0.15, -0.1) is 0 Å². The van der Waals surface area contributed by atoms with E-state index in [-0.39, 0.29) is 16.9 Å². The quantitative estimate of drug-likeness (QED) is 0.164.